The second kappa shape index (κ2) is 8.92. The molecule has 23 heavy (non-hydrogen) atoms. The summed E-state index contributed by atoms with van der Waals surface area (Å²) in [6.07, 6.45) is 6.08. The monoisotopic (exact) mass is 317 g/mol. The molecule has 4 nitrogen and oxygen atoms in total. The van der Waals surface area contributed by atoms with Crippen LogP contribution in [0.3, 0.4) is 0 Å². The van der Waals surface area contributed by atoms with Gasteiger partial charge in [-0.2, -0.15) is 0 Å². The molecule has 0 atom stereocenters. The maximum absolute atomic E-state index is 5.26. The average molecular weight is 317 g/mol. The summed E-state index contributed by atoms with van der Waals surface area (Å²) in [4.78, 5) is 4.35. The number of hydrogen-bond acceptors (Lipinski definition) is 2. The van der Waals surface area contributed by atoms with Gasteiger partial charge in [0.05, 0.1) is 0 Å². The maximum Gasteiger partial charge on any atom is 0.191 e. The molecule has 0 aromatic heterocycles. The predicted octanol–water partition coefficient (Wildman–Crippen LogP) is 2.91. The second-order valence-electron chi connectivity index (χ2n) is 6.63. The first-order chi connectivity index (χ1) is 11.2. The minimum absolute atomic E-state index is 0.406. The number of aliphatic imine (C=N–C) groups is 1. The van der Waals surface area contributed by atoms with Crippen molar-refractivity contribution in [2.24, 2.45) is 10.4 Å². The summed E-state index contributed by atoms with van der Waals surface area (Å²) in [5.74, 6) is 0.905. The average Bonchev–Trinajstić information content (AvgIpc) is 2.53. The molecule has 2 N–H and O–H groups in total. The number of ether oxygens (including phenoxy) is 1. The summed E-state index contributed by atoms with van der Waals surface area (Å²) >= 11 is 0. The number of nitrogens with one attached hydrogen (secondary N) is 2. The van der Waals surface area contributed by atoms with Crippen LogP contribution in [0.25, 0.3) is 0 Å². The summed E-state index contributed by atoms with van der Waals surface area (Å²) in [7, 11) is 3.62. The summed E-state index contributed by atoms with van der Waals surface area (Å²) in [6, 6.07) is 8.55. The van der Waals surface area contributed by atoms with Gasteiger partial charge in [0.1, 0.15) is 0 Å². The Morgan fingerprint density at radius 2 is 2.04 bits per heavy atom. The lowest BCUT2D eigenvalue weighted by Gasteiger charge is -2.42. The van der Waals surface area contributed by atoms with Gasteiger partial charge in [-0.25, -0.2) is 0 Å². The fourth-order valence-corrected chi connectivity index (χ4v) is 3.21. The van der Waals surface area contributed by atoms with E-state index in [2.05, 4.69) is 46.8 Å². The normalized spacial score (nSPS) is 16.7. The van der Waals surface area contributed by atoms with Crippen molar-refractivity contribution in [2.75, 3.05) is 33.9 Å². The molecular weight excluding hydrogens is 286 g/mol. The van der Waals surface area contributed by atoms with Gasteiger partial charge in [-0.05, 0) is 49.1 Å². The molecular formula is C19H31N3O. The highest BCUT2D eigenvalue weighted by atomic mass is 16.5. The fraction of sp³-hybridized carbons (Fsp3) is 0.632. The van der Waals surface area contributed by atoms with Gasteiger partial charge in [-0.15, -0.1) is 0 Å². The molecule has 1 fully saturated rings. The topological polar surface area (TPSA) is 45.7 Å². The van der Waals surface area contributed by atoms with Crippen LogP contribution in [0.2, 0.25) is 0 Å². The van der Waals surface area contributed by atoms with E-state index in [9.17, 15) is 0 Å². The number of hydrogen-bond donors (Lipinski definition) is 2. The zero-order valence-corrected chi connectivity index (χ0v) is 14.8. The van der Waals surface area contributed by atoms with Crippen molar-refractivity contribution in [3.63, 3.8) is 0 Å². The highest BCUT2D eigenvalue weighted by Gasteiger charge is 2.36. The summed E-state index contributed by atoms with van der Waals surface area (Å²) in [6.45, 7) is 4.90. The van der Waals surface area contributed by atoms with Crippen molar-refractivity contribution >= 4 is 5.96 Å². The van der Waals surface area contributed by atoms with Crippen LogP contribution < -0.4 is 10.6 Å². The lowest BCUT2D eigenvalue weighted by Crippen LogP contribution is -2.47. The van der Waals surface area contributed by atoms with E-state index in [0.29, 0.717) is 5.41 Å². The van der Waals surface area contributed by atoms with E-state index in [1.807, 2.05) is 7.05 Å². The van der Waals surface area contributed by atoms with Crippen LogP contribution in [0.4, 0.5) is 0 Å². The largest absolute Gasteiger partial charge is 0.385 e. The Balaban J connectivity index is 1.74. The van der Waals surface area contributed by atoms with Gasteiger partial charge in [0.15, 0.2) is 5.96 Å². The van der Waals surface area contributed by atoms with E-state index >= 15 is 0 Å². The molecule has 1 saturated carbocycles. The molecule has 0 saturated heterocycles. The molecule has 1 aliphatic rings. The molecule has 0 amide bonds. The third-order valence-corrected chi connectivity index (χ3v) is 5.05. The first-order valence-electron chi connectivity index (χ1n) is 8.67. The smallest absolute Gasteiger partial charge is 0.191 e. The SMILES string of the molecule is CN=C(NCCc1ccccc1C)NCC1(CCOC)CCC1. The van der Waals surface area contributed by atoms with Crippen LogP contribution in [0.1, 0.15) is 36.8 Å². The van der Waals surface area contributed by atoms with E-state index in [0.717, 1.165) is 38.5 Å². The first-order valence-corrected chi connectivity index (χ1v) is 8.67. The number of aryl methyl sites for hydroxylation is 1. The lowest BCUT2D eigenvalue weighted by molar-refractivity contribution is 0.0732. The molecule has 0 radical (unpaired) electrons. The van der Waals surface area contributed by atoms with Crippen LogP contribution in [0.15, 0.2) is 29.3 Å². The van der Waals surface area contributed by atoms with Crippen LogP contribution in [0.5, 0.6) is 0 Å². The van der Waals surface area contributed by atoms with Crippen molar-refractivity contribution < 1.29 is 4.74 Å². The Kier molecular flexibility index (Phi) is 6.90. The lowest BCUT2D eigenvalue weighted by atomic mass is 9.67. The number of methoxy groups -OCH3 is 1. The molecule has 0 heterocycles. The van der Waals surface area contributed by atoms with Crippen LogP contribution in [-0.2, 0) is 11.2 Å². The third kappa shape index (κ3) is 5.24. The molecule has 0 spiro atoms. The Hall–Kier alpha value is -1.55. The molecule has 2 rings (SSSR count). The number of rotatable bonds is 8. The van der Waals surface area contributed by atoms with Crippen molar-refractivity contribution in [2.45, 2.75) is 39.0 Å². The van der Waals surface area contributed by atoms with E-state index in [1.165, 1.54) is 30.4 Å². The van der Waals surface area contributed by atoms with Gasteiger partial charge in [-0.3, -0.25) is 4.99 Å². The Bertz CT molecular complexity index is 509. The van der Waals surface area contributed by atoms with Crippen LogP contribution >= 0.6 is 0 Å². The summed E-state index contributed by atoms with van der Waals surface area (Å²) in [5.41, 5.74) is 3.15. The minimum atomic E-state index is 0.406. The number of guanidine groups is 1. The summed E-state index contributed by atoms with van der Waals surface area (Å²) < 4.78 is 5.26. The molecule has 128 valence electrons. The van der Waals surface area contributed by atoms with E-state index < -0.39 is 0 Å². The van der Waals surface area contributed by atoms with Gasteiger partial charge in [0.2, 0.25) is 0 Å². The van der Waals surface area contributed by atoms with E-state index in [1.54, 1.807) is 7.11 Å². The third-order valence-electron chi connectivity index (χ3n) is 5.05. The number of benzene rings is 1. The molecule has 0 aliphatic heterocycles. The molecule has 0 unspecified atom stereocenters. The maximum atomic E-state index is 5.26. The van der Waals surface area contributed by atoms with Crippen molar-refractivity contribution in [3.8, 4) is 0 Å². The predicted molar refractivity (Wildman–Crippen MR) is 97.0 cm³/mol. The zero-order chi connectivity index (χ0) is 16.5. The highest BCUT2D eigenvalue weighted by Crippen LogP contribution is 2.43. The van der Waals surface area contributed by atoms with Gasteiger partial charge >= 0.3 is 0 Å². The Labute approximate surface area is 140 Å². The van der Waals surface area contributed by atoms with Gasteiger partial charge < -0.3 is 15.4 Å². The number of nitrogens with zero attached hydrogens (tertiary/aromatic N) is 1. The highest BCUT2D eigenvalue weighted by molar-refractivity contribution is 5.79. The second-order valence-corrected chi connectivity index (χ2v) is 6.63. The van der Waals surface area contributed by atoms with Crippen LogP contribution in [0, 0.1) is 12.3 Å². The molecule has 0 bridgehead atoms. The first kappa shape index (κ1) is 17.8. The fourth-order valence-electron chi connectivity index (χ4n) is 3.21. The molecule has 1 aromatic rings. The molecule has 1 aliphatic carbocycles. The van der Waals surface area contributed by atoms with E-state index in [-0.39, 0.29) is 0 Å². The Morgan fingerprint density at radius 1 is 1.26 bits per heavy atom. The van der Waals surface area contributed by atoms with Gasteiger partial charge in [-0.1, -0.05) is 30.7 Å². The summed E-state index contributed by atoms with van der Waals surface area (Å²) in [5, 5.41) is 6.93. The van der Waals surface area contributed by atoms with Crippen molar-refractivity contribution in [1.29, 1.82) is 0 Å². The standard InChI is InChI=1S/C19H31N3O/c1-16-7-4-5-8-17(16)9-13-21-18(20-2)22-15-19(10-6-11-19)12-14-23-3/h4-5,7-8H,6,9-15H2,1-3H3,(H2,20,21,22). The van der Waals surface area contributed by atoms with E-state index in [4.69, 9.17) is 4.74 Å². The Morgan fingerprint density at radius 3 is 2.65 bits per heavy atom. The van der Waals surface area contributed by atoms with Gasteiger partial charge in [0.25, 0.3) is 0 Å². The van der Waals surface area contributed by atoms with Crippen molar-refractivity contribution in [1.82, 2.24) is 10.6 Å². The quantitative estimate of drug-likeness (QED) is 0.572. The van der Waals surface area contributed by atoms with Crippen molar-refractivity contribution in [3.05, 3.63) is 35.4 Å². The van der Waals surface area contributed by atoms with Gasteiger partial charge in [0, 0.05) is 33.9 Å². The zero-order valence-electron chi connectivity index (χ0n) is 14.8. The minimum Gasteiger partial charge on any atom is -0.385 e. The van der Waals surface area contributed by atoms with Crippen LogP contribution in [-0.4, -0.2) is 39.8 Å². The molecule has 1 aromatic carbocycles. The molecule has 4 heteroatoms.